The van der Waals surface area contributed by atoms with Crippen LogP contribution in [0.5, 0.6) is 0 Å². The summed E-state index contributed by atoms with van der Waals surface area (Å²) in [6, 6.07) is 3.07. The van der Waals surface area contributed by atoms with Crippen molar-refractivity contribution >= 4 is 17.2 Å². The van der Waals surface area contributed by atoms with Gasteiger partial charge in [-0.3, -0.25) is 4.79 Å². The van der Waals surface area contributed by atoms with E-state index in [1.54, 1.807) is 0 Å². The number of hydrogen-bond acceptors (Lipinski definition) is 3. The smallest absolute Gasteiger partial charge is 0.224 e. The summed E-state index contributed by atoms with van der Waals surface area (Å²) in [5, 5.41) is 5.53. The molecule has 1 aromatic heterocycles. The first-order chi connectivity index (χ1) is 9.66. The molecule has 0 saturated heterocycles. The van der Waals surface area contributed by atoms with Gasteiger partial charge in [0, 0.05) is 30.4 Å². The van der Waals surface area contributed by atoms with Gasteiger partial charge >= 0.3 is 0 Å². The highest BCUT2D eigenvalue weighted by molar-refractivity contribution is 7.10. The van der Waals surface area contributed by atoms with Gasteiger partial charge < -0.3 is 10.2 Å². The molecule has 1 aliphatic carbocycles. The Morgan fingerprint density at radius 3 is 3.00 bits per heavy atom. The van der Waals surface area contributed by atoms with E-state index in [1.807, 2.05) is 11.3 Å². The molecule has 1 atom stereocenters. The zero-order valence-corrected chi connectivity index (χ0v) is 13.2. The Balaban J connectivity index is 1.68. The van der Waals surface area contributed by atoms with Gasteiger partial charge in [0.2, 0.25) is 5.91 Å². The van der Waals surface area contributed by atoms with Gasteiger partial charge in [-0.15, -0.1) is 11.3 Å². The zero-order valence-electron chi connectivity index (χ0n) is 12.4. The van der Waals surface area contributed by atoms with Gasteiger partial charge in [-0.1, -0.05) is 13.8 Å². The molecular formula is C16H24N2OS. The van der Waals surface area contributed by atoms with Gasteiger partial charge in [0.1, 0.15) is 0 Å². The van der Waals surface area contributed by atoms with Crippen molar-refractivity contribution in [1.29, 1.82) is 0 Å². The van der Waals surface area contributed by atoms with Crippen LogP contribution in [0, 0.1) is 5.92 Å². The number of hydrogen-bond donors (Lipinski definition) is 1. The number of fused-ring (bicyclic) bond motifs is 1. The molecule has 2 aliphatic rings. The monoisotopic (exact) mass is 292 g/mol. The lowest BCUT2D eigenvalue weighted by atomic mass is 9.95. The summed E-state index contributed by atoms with van der Waals surface area (Å²) >= 11 is 1.86. The third-order valence-electron chi connectivity index (χ3n) is 4.29. The highest BCUT2D eigenvalue weighted by Crippen LogP contribution is 2.48. The van der Waals surface area contributed by atoms with Crippen LogP contribution in [0.2, 0.25) is 0 Å². The fourth-order valence-corrected chi connectivity index (χ4v) is 4.07. The second-order valence-electron chi connectivity index (χ2n) is 6.28. The van der Waals surface area contributed by atoms with Crippen LogP contribution in [0.3, 0.4) is 0 Å². The lowest BCUT2D eigenvalue weighted by Gasteiger charge is -2.36. The van der Waals surface area contributed by atoms with E-state index in [-0.39, 0.29) is 0 Å². The molecule has 1 N–H and O–H groups in total. The first-order valence-electron chi connectivity index (χ1n) is 7.76. The maximum absolute atomic E-state index is 12.5. The molecule has 1 amide bonds. The average molecular weight is 292 g/mol. The van der Waals surface area contributed by atoms with Gasteiger partial charge in [-0.2, -0.15) is 0 Å². The molecule has 4 heteroatoms. The van der Waals surface area contributed by atoms with Crippen LogP contribution in [-0.2, 0) is 11.2 Å². The normalized spacial score (nSPS) is 22.1. The van der Waals surface area contributed by atoms with Crippen LogP contribution in [0.4, 0.5) is 0 Å². The third-order valence-corrected chi connectivity index (χ3v) is 5.29. The van der Waals surface area contributed by atoms with Crippen molar-refractivity contribution in [2.75, 3.05) is 13.1 Å². The molecule has 3 nitrogen and oxygen atoms in total. The van der Waals surface area contributed by atoms with Crippen LogP contribution in [0.25, 0.3) is 0 Å². The Labute approximate surface area is 125 Å². The lowest BCUT2D eigenvalue weighted by Crippen LogP contribution is -2.41. The molecule has 0 aromatic carbocycles. The van der Waals surface area contributed by atoms with E-state index in [4.69, 9.17) is 0 Å². The lowest BCUT2D eigenvalue weighted by molar-refractivity contribution is -0.134. The van der Waals surface area contributed by atoms with E-state index in [0.29, 0.717) is 30.3 Å². The van der Waals surface area contributed by atoms with Crippen molar-refractivity contribution < 1.29 is 4.79 Å². The first kappa shape index (κ1) is 14.1. The first-order valence-corrected chi connectivity index (χ1v) is 8.64. The summed E-state index contributed by atoms with van der Waals surface area (Å²) in [5.41, 5.74) is 1.44. The molecule has 20 heavy (non-hydrogen) atoms. The number of carbonyl (C=O) groups excluding carboxylic acids is 1. The Kier molecular flexibility index (Phi) is 4.13. The molecule has 2 heterocycles. The van der Waals surface area contributed by atoms with Gasteiger partial charge in [0.25, 0.3) is 0 Å². The van der Waals surface area contributed by atoms with Crippen molar-refractivity contribution in [2.24, 2.45) is 5.92 Å². The molecule has 1 saturated carbocycles. The van der Waals surface area contributed by atoms with Crippen LogP contribution in [0.1, 0.15) is 49.6 Å². The van der Waals surface area contributed by atoms with Crippen molar-refractivity contribution in [1.82, 2.24) is 10.2 Å². The van der Waals surface area contributed by atoms with Gasteiger partial charge in [0.05, 0.1) is 6.04 Å². The standard InChI is InChI=1S/C16H24N2OS/c1-11(2)17-8-5-15(19)18-9-6-14-13(7-10-20-14)16(18)12-3-4-12/h7,10-12,16-17H,3-6,8-9H2,1-2H3. The Morgan fingerprint density at radius 1 is 1.50 bits per heavy atom. The molecule has 1 aliphatic heterocycles. The van der Waals surface area contributed by atoms with Crippen molar-refractivity contribution in [2.45, 2.75) is 51.6 Å². The minimum Gasteiger partial charge on any atom is -0.335 e. The average Bonchev–Trinajstić information content (AvgIpc) is 3.13. The highest BCUT2D eigenvalue weighted by Gasteiger charge is 2.41. The number of carbonyl (C=O) groups is 1. The molecule has 1 fully saturated rings. The SMILES string of the molecule is CC(C)NCCC(=O)N1CCc2sccc2C1C1CC1. The molecule has 3 rings (SSSR count). The number of nitrogens with zero attached hydrogens (tertiary/aromatic N) is 1. The molecule has 0 spiro atoms. The Morgan fingerprint density at radius 2 is 2.30 bits per heavy atom. The quantitative estimate of drug-likeness (QED) is 0.905. The second-order valence-corrected chi connectivity index (χ2v) is 7.28. The van der Waals surface area contributed by atoms with E-state index in [1.165, 1.54) is 23.3 Å². The van der Waals surface area contributed by atoms with Crippen molar-refractivity contribution in [3.8, 4) is 0 Å². The van der Waals surface area contributed by atoms with Crippen LogP contribution in [0.15, 0.2) is 11.4 Å². The van der Waals surface area contributed by atoms with Crippen molar-refractivity contribution in [3.63, 3.8) is 0 Å². The number of nitrogens with one attached hydrogen (secondary N) is 1. The van der Waals surface area contributed by atoms with E-state index in [2.05, 4.69) is 35.5 Å². The minimum atomic E-state index is 0.326. The second kappa shape index (κ2) is 5.86. The predicted molar refractivity (Wildman–Crippen MR) is 83.0 cm³/mol. The largest absolute Gasteiger partial charge is 0.335 e. The Hall–Kier alpha value is -0.870. The summed E-state index contributed by atoms with van der Waals surface area (Å²) in [6.45, 7) is 5.95. The highest BCUT2D eigenvalue weighted by atomic mass is 32.1. The topological polar surface area (TPSA) is 32.3 Å². The zero-order chi connectivity index (χ0) is 14.1. The number of rotatable bonds is 5. The number of amides is 1. The maximum atomic E-state index is 12.5. The molecule has 1 unspecified atom stereocenters. The molecular weight excluding hydrogens is 268 g/mol. The minimum absolute atomic E-state index is 0.326. The fourth-order valence-electron chi connectivity index (χ4n) is 3.16. The molecule has 1 aromatic rings. The fraction of sp³-hybridized carbons (Fsp3) is 0.688. The molecule has 110 valence electrons. The van der Waals surface area contributed by atoms with Crippen LogP contribution < -0.4 is 5.32 Å². The van der Waals surface area contributed by atoms with E-state index in [0.717, 1.165) is 19.5 Å². The summed E-state index contributed by atoms with van der Waals surface area (Å²) in [7, 11) is 0. The third kappa shape index (κ3) is 2.91. The van der Waals surface area contributed by atoms with E-state index >= 15 is 0 Å². The predicted octanol–water partition coefficient (Wildman–Crippen LogP) is 2.97. The Bertz CT molecular complexity index is 479. The maximum Gasteiger partial charge on any atom is 0.224 e. The van der Waals surface area contributed by atoms with Crippen LogP contribution >= 0.6 is 11.3 Å². The molecule has 0 radical (unpaired) electrons. The van der Waals surface area contributed by atoms with Gasteiger partial charge in [-0.25, -0.2) is 0 Å². The summed E-state index contributed by atoms with van der Waals surface area (Å²) in [4.78, 5) is 16.2. The molecule has 0 bridgehead atoms. The number of thiophene rings is 1. The summed E-state index contributed by atoms with van der Waals surface area (Å²) < 4.78 is 0. The van der Waals surface area contributed by atoms with Gasteiger partial charge in [-0.05, 0) is 42.2 Å². The summed E-state index contributed by atoms with van der Waals surface area (Å²) in [5.74, 6) is 1.04. The van der Waals surface area contributed by atoms with E-state index < -0.39 is 0 Å². The summed E-state index contributed by atoms with van der Waals surface area (Å²) in [6.07, 6.45) is 4.24. The van der Waals surface area contributed by atoms with E-state index in [9.17, 15) is 4.79 Å². The van der Waals surface area contributed by atoms with Gasteiger partial charge in [0.15, 0.2) is 0 Å². The van der Waals surface area contributed by atoms with Crippen LogP contribution in [-0.4, -0.2) is 29.9 Å². The van der Waals surface area contributed by atoms with Crippen molar-refractivity contribution in [3.05, 3.63) is 21.9 Å².